The number of hydrogen-bond acceptors (Lipinski definition) is 3. The number of nitrogens with zero attached hydrogens (tertiary/aromatic N) is 1. The highest BCUT2D eigenvalue weighted by Gasteiger charge is 2.23. The standard InChI is InChI=1S/C11H12N2O/c1-14-11-5-3-8-7(9(11)6-12)2-4-10(8)13/h3,5,10H,2,4,13H2,1H3/t10-/m0/s1. The van der Waals surface area contributed by atoms with Gasteiger partial charge in [-0.3, -0.25) is 0 Å². The lowest BCUT2D eigenvalue weighted by Gasteiger charge is -2.08. The van der Waals surface area contributed by atoms with Crippen molar-refractivity contribution in [3.63, 3.8) is 0 Å². The largest absolute Gasteiger partial charge is 0.495 e. The summed E-state index contributed by atoms with van der Waals surface area (Å²) in [7, 11) is 1.58. The fraction of sp³-hybridized carbons (Fsp3) is 0.364. The number of fused-ring (bicyclic) bond motifs is 1. The Bertz CT molecular complexity index is 406. The third-order valence-corrected chi connectivity index (χ3v) is 2.75. The van der Waals surface area contributed by atoms with Gasteiger partial charge in [0.15, 0.2) is 0 Å². The van der Waals surface area contributed by atoms with E-state index in [1.807, 2.05) is 12.1 Å². The molecule has 1 aromatic rings. The molecule has 0 fully saturated rings. The molecule has 3 nitrogen and oxygen atoms in total. The number of hydrogen-bond donors (Lipinski definition) is 1. The molecule has 1 aliphatic rings. The van der Waals surface area contributed by atoms with E-state index >= 15 is 0 Å². The molecule has 72 valence electrons. The molecule has 0 amide bonds. The number of nitrogens with two attached hydrogens (primary N) is 1. The summed E-state index contributed by atoms with van der Waals surface area (Å²) in [6.07, 6.45) is 1.81. The molecule has 0 saturated heterocycles. The van der Waals surface area contributed by atoms with Crippen LogP contribution in [0.3, 0.4) is 0 Å². The zero-order chi connectivity index (χ0) is 10.1. The highest BCUT2D eigenvalue weighted by Crippen LogP contribution is 2.35. The van der Waals surface area contributed by atoms with Crippen LogP contribution < -0.4 is 10.5 Å². The molecule has 0 unspecified atom stereocenters. The second kappa shape index (κ2) is 3.32. The van der Waals surface area contributed by atoms with Crippen molar-refractivity contribution < 1.29 is 4.74 Å². The van der Waals surface area contributed by atoms with Crippen molar-refractivity contribution in [3.05, 3.63) is 28.8 Å². The molecule has 0 heterocycles. The van der Waals surface area contributed by atoms with Gasteiger partial charge in [-0.2, -0.15) is 5.26 Å². The Kier molecular flexibility index (Phi) is 2.14. The molecule has 0 saturated carbocycles. The van der Waals surface area contributed by atoms with Crippen LogP contribution >= 0.6 is 0 Å². The van der Waals surface area contributed by atoms with Crippen molar-refractivity contribution in [1.29, 1.82) is 5.26 Å². The van der Waals surface area contributed by atoms with Crippen LogP contribution in [0.2, 0.25) is 0 Å². The average Bonchev–Trinajstić information content (AvgIpc) is 2.59. The van der Waals surface area contributed by atoms with E-state index in [0.29, 0.717) is 11.3 Å². The minimum atomic E-state index is 0.0861. The lowest BCUT2D eigenvalue weighted by molar-refractivity contribution is 0.413. The lowest BCUT2D eigenvalue weighted by Crippen LogP contribution is -2.05. The Balaban J connectivity index is 2.61. The number of rotatable bonds is 1. The fourth-order valence-corrected chi connectivity index (χ4v) is 2.01. The Morgan fingerprint density at radius 3 is 3.00 bits per heavy atom. The monoisotopic (exact) mass is 188 g/mol. The number of nitriles is 1. The smallest absolute Gasteiger partial charge is 0.136 e. The van der Waals surface area contributed by atoms with E-state index < -0.39 is 0 Å². The van der Waals surface area contributed by atoms with Crippen LogP contribution in [-0.2, 0) is 6.42 Å². The van der Waals surface area contributed by atoms with Crippen LogP contribution in [0.4, 0.5) is 0 Å². The summed E-state index contributed by atoms with van der Waals surface area (Å²) in [5.74, 6) is 0.653. The van der Waals surface area contributed by atoms with E-state index in [0.717, 1.165) is 24.0 Å². The molecule has 2 N–H and O–H groups in total. The summed E-state index contributed by atoms with van der Waals surface area (Å²) in [6, 6.07) is 6.06. The molecule has 0 bridgehead atoms. The third-order valence-electron chi connectivity index (χ3n) is 2.75. The number of benzene rings is 1. The van der Waals surface area contributed by atoms with Crippen molar-refractivity contribution in [2.75, 3.05) is 7.11 Å². The summed E-state index contributed by atoms with van der Waals surface area (Å²) in [5, 5.41) is 9.03. The lowest BCUT2D eigenvalue weighted by atomic mass is 10.0. The Hall–Kier alpha value is -1.53. The van der Waals surface area contributed by atoms with Gasteiger partial charge in [0, 0.05) is 6.04 Å². The minimum Gasteiger partial charge on any atom is -0.495 e. The van der Waals surface area contributed by atoms with Gasteiger partial charge in [-0.1, -0.05) is 6.07 Å². The molecular formula is C11H12N2O. The molecule has 1 aromatic carbocycles. The van der Waals surface area contributed by atoms with E-state index in [9.17, 15) is 0 Å². The minimum absolute atomic E-state index is 0.0861. The molecule has 1 atom stereocenters. The Labute approximate surface area is 83.1 Å². The average molecular weight is 188 g/mol. The maximum Gasteiger partial charge on any atom is 0.136 e. The molecule has 0 radical (unpaired) electrons. The van der Waals surface area contributed by atoms with Crippen LogP contribution in [0.25, 0.3) is 0 Å². The second-order valence-corrected chi connectivity index (χ2v) is 3.47. The first kappa shape index (κ1) is 9.04. The third kappa shape index (κ3) is 1.16. The predicted molar refractivity (Wildman–Crippen MR) is 53.0 cm³/mol. The van der Waals surface area contributed by atoms with Crippen molar-refractivity contribution in [2.45, 2.75) is 18.9 Å². The summed E-state index contributed by atoms with van der Waals surface area (Å²) < 4.78 is 5.13. The zero-order valence-electron chi connectivity index (χ0n) is 8.08. The van der Waals surface area contributed by atoms with Crippen molar-refractivity contribution in [3.8, 4) is 11.8 Å². The summed E-state index contributed by atoms with van der Waals surface area (Å²) in [6.45, 7) is 0. The molecule has 1 aliphatic carbocycles. The first-order valence-electron chi connectivity index (χ1n) is 4.63. The van der Waals surface area contributed by atoms with Gasteiger partial charge in [0.05, 0.1) is 12.7 Å². The van der Waals surface area contributed by atoms with Crippen molar-refractivity contribution >= 4 is 0 Å². The van der Waals surface area contributed by atoms with Crippen LogP contribution in [0, 0.1) is 11.3 Å². The first-order chi connectivity index (χ1) is 6.77. The van der Waals surface area contributed by atoms with Crippen LogP contribution in [0.15, 0.2) is 12.1 Å². The van der Waals surface area contributed by atoms with E-state index in [1.54, 1.807) is 7.11 Å². The summed E-state index contributed by atoms with van der Waals surface area (Å²) >= 11 is 0. The van der Waals surface area contributed by atoms with Gasteiger partial charge in [-0.15, -0.1) is 0 Å². The highest BCUT2D eigenvalue weighted by molar-refractivity contribution is 5.54. The molecule has 14 heavy (non-hydrogen) atoms. The van der Waals surface area contributed by atoms with Gasteiger partial charge in [0.25, 0.3) is 0 Å². The normalized spacial score (nSPS) is 18.8. The summed E-state index contributed by atoms with van der Waals surface area (Å²) in [4.78, 5) is 0. The van der Waals surface area contributed by atoms with Gasteiger partial charge in [0.1, 0.15) is 11.8 Å². The molecule has 0 spiro atoms. The van der Waals surface area contributed by atoms with Gasteiger partial charge in [-0.05, 0) is 30.0 Å². The maximum absolute atomic E-state index is 9.03. The topological polar surface area (TPSA) is 59.0 Å². The van der Waals surface area contributed by atoms with E-state index in [2.05, 4.69) is 6.07 Å². The van der Waals surface area contributed by atoms with Crippen LogP contribution in [0.5, 0.6) is 5.75 Å². The van der Waals surface area contributed by atoms with Crippen molar-refractivity contribution in [1.82, 2.24) is 0 Å². The number of methoxy groups -OCH3 is 1. The molecule has 2 rings (SSSR count). The molecular weight excluding hydrogens is 176 g/mol. The second-order valence-electron chi connectivity index (χ2n) is 3.47. The van der Waals surface area contributed by atoms with E-state index in [-0.39, 0.29) is 6.04 Å². The fourth-order valence-electron chi connectivity index (χ4n) is 2.01. The predicted octanol–water partition coefficient (Wildman–Crippen LogP) is 1.51. The quantitative estimate of drug-likeness (QED) is 0.726. The Morgan fingerprint density at radius 2 is 2.36 bits per heavy atom. The van der Waals surface area contributed by atoms with Gasteiger partial charge in [0.2, 0.25) is 0 Å². The van der Waals surface area contributed by atoms with Crippen LogP contribution in [0.1, 0.15) is 29.2 Å². The first-order valence-corrected chi connectivity index (χ1v) is 4.63. The SMILES string of the molecule is COc1ccc2c(c1C#N)CC[C@@H]2N. The van der Waals surface area contributed by atoms with E-state index in [1.165, 1.54) is 0 Å². The molecule has 3 heteroatoms. The Morgan fingerprint density at radius 1 is 1.57 bits per heavy atom. The summed E-state index contributed by atoms with van der Waals surface area (Å²) in [5.41, 5.74) is 8.73. The molecule has 0 aromatic heterocycles. The maximum atomic E-state index is 9.03. The zero-order valence-corrected chi connectivity index (χ0v) is 8.08. The van der Waals surface area contributed by atoms with Gasteiger partial charge in [-0.25, -0.2) is 0 Å². The van der Waals surface area contributed by atoms with Crippen LogP contribution in [-0.4, -0.2) is 7.11 Å². The molecule has 0 aliphatic heterocycles. The highest BCUT2D eigenvalue weighted by atomic mass is 16.5. The van der Waals surface area contributed by atoms with Crippen molar-refractivity contribution in [2.24, 2.45) is 5.73 Å². The van der Waals surface area contributed by atoms with Gasteiger partial charge >= 0.3 is 0 Å². The number of ether oxygens (including phenoxy) is 1. The van der Waals surface area contributed by atoms with E-state index in [4.69, 9.17) is 15.7 Å². The van der Waals surface area contributed by atoms with Gasteiger partial charge < -0.3 is 10.5 Å².